The molecule has 2 aromatic carbocycles. The molecule has 0 radical (unpaired) electrons. The number of alkyl halides is 3. The maximum atomic E-state index is 13.1. The fourth-order valence-corrected chi connectivity index (χ4v) is 2.63. The van der Waals surface area contributed by atoms with Crippen LogP contribution < -0.4 is 4.90 Å². The van der Waals surface area contributed by atoms with Crippen LogP contribution >= 0.6 is 11.6 Å². The second-order valence-corrected chi connectivity index (χ2v) is 5.95. The molecule has 1 aromatic heterocycles. The molecule has 0 aliphatic rings. The molecule has 7 heteroatoms. The van der Waals surface area contributed by atoms with Gasteiger partial charge in [-0.3, -0.25) is 4.79 Å². The van der Waals surface area contributed by atoms with Crippen molar-refractivity contribution in [1.29, 1.82) is 0 Å². The van der Waals surface area contributed by atoms with Gasteiger partial charge in [0, 0.05) is 10.7 Å². The van der Waals surface area contributed by atoms with Crippen LogP contribution in [0.3, 0.4) is 0 Å². The number of furan rings is 1. The van der Waals surface area contributed by atoms with Gasteiger partial charge in [-0.1, -0.05) is 41.9 Å². The molecule has 0 unspecified atom stereocenters. The van der Waals surface area contributed by atoms with Gasteiger partial charge in [0.05, 0.1) is 18.4 Å². The lowest BCUT2D eigenvalue weighted by Gasteiger charge is -2.23. The summed E-state index contributed by atoms with van der Waals surface area (Å²) in [7, 11) is 0. The monoisotopic (exact) mass is 379 g/mol. The molecule has 0 saturated carbocycles. The lowest BCUT2D eigenvalue weighted by Crippen LogP contribution is -2.31. The van der Waals surface area contributed by atoms with E-state index >= 15 is 0 Å². The number of rotatable bonds is 4. The second-order valence-electron chi connectivity index (χ2n) is 5.51. The minimum Gasteiger partial charge on any atom is -0.459 e. The van der Waals surface area contributed by atoms with E-state index in [9.17, 15) is 18.0 Å². The first-order chi connectivity index (χ1) is 12.4. The van der Waals surface area contributed by atoms with Crippen LogP contribution in [0.15, 0.2) is 71.3 Å². The van der Waals surface area contributed by atoms with E-state index < -0.39 is 23.4 Å². The number of anilines is 1. The number of nitrogens with zero attached hydrogens (tertiary/aromatic N) is 1. The summed E-state index contributed by atoms with van der Waals surface area (Å²) in [6.07, 6.45) is -3.89. The van der Waals surface area contributed by atoms with Crippen molar-refractivity contribution in [3.8, 4) is 0 Å². The third kappa shape index (κ3) is 3.91. The van der Waals surface area contributed by atoms with Crippen molar-refractivity contribution >= 4 is 23.2 Å². The minimum absolute atomic E-state index is 0.0858. The molecule has 0 spiro atoms. The van der Waals surface area contributed by atoms with Crippen LogP contribution in [0.25, 0.3) is 0 Å². The lowest BCUT2D eigenvalue weighted by molar-refractivity contribution is -0.153. The standard InChI is InChI=1S/C19H13ClF3NO2/c20-14-8-6-13(7-9-14)12-24(15-4-2-1-3-5-15)18(25)16-10-11-26-17(16)19(21,22)23/h1-11H,12H2. The van der Waals surface area contributed by atoms with E-state index in [1.54, 1.807) is 54.6 Å². The van der Waals surface area contributed by atoms with E-state index in [0.29, 0.717) is 10.7 Å². The highest BCUT2D eigenvalue weighted by atomic mass is 35.5. The van der Waals surface area contributed by atoms with Gasteiger partial charge in [0.2, 0.25) is 5.76 Å². The van der Waals surface area contributed by atoms with Gasteiger partial charge in [0.1, 0.15) is 0 Å². The summed E-state index contributed by atoms with van der Waals surface area (Å²) in [5.41, 5.74) is 0.667. The van der Waals surface area contributed by atoms with E-state index in [1.165, 1.54) is 4.90 Å². The highest BCUT2D eigenvalue weighted by molar-refractivity contribution is 6.30. The molecule has 1 amide bonds. The molecule has 3 rings (SSSR count). The van der Waals surface area contributed by atoms with Crippen LogP contribution in [0.4, 0.5) is 18.9 Å². The molecule has 3 aromatic rings. The molecule has 0 fully saturated rings. The van der Waals surface area contributed by atoms with E-state index in [4.69, 9.17) is 11.6 Å². The first-order valence-electron chi connectivity index (χ1n) is 7.62. The summed E-state index contributed by atoms with van der Waals surface area (Å²) in [4.78, 5) is 14.2. The van der Waals surface area contributed by atoms with Crippen molar-refractivity contribution in [1.82, 2.24) is 0 Å². The first kappa shape index (κ1) is 18.1. The van der Waals surface area contributed by atoms with E-state index in [-0.39, 0.29) is 6.54 Å². The van der Waals surface area contributed by atoms with Crippen LogP contribution in [0.2, 0.25) is 5.02 Å². The smallest absolute Gasteiger partial charge is 0.450 e. The Morgan fingerprint density at radius 1 is 1.00 bits per heavy atom. The Hall–Kier alpha value is -2.73. The summed E-state index contributed by atoms with van der Waals surface area (Å²) >= 11 is 5.86. The number of amides is 1. The van der Waals surface area contributed by atoms with Crippen LogP contribution in [0, 0.1) is 0 Å². The minimum atomic E-state index is -4.75. The fraction of sp³-hybridized carbons (Fsp3) is 0.105. The fourth-order valence-electron chi connectivity index (χ4n) is 2.50. The Morgan fingerprint density at radius 3 is 2.27 bits per heavy atom. The maximum absolute atomic E-state index is 13.1. The van der Waals surface area contributed by atoms with Crippen LogP contribution in [0.1, 0.15) is 21.7 Å². The van der Waals surface area contributed by atoms with Gasteiger partial charge in [-0.25, -0.2) is 0 Å². The Morgan fingerprint density at radius 2 is 1.65 bits per heavy atom. The molecule has 3 nitrogen and oxygen atoms in total. The first-order valence-corrected chi connectivity index (χ1v) is 8.00. The third-order valence-corrected chi connectivity index (χ3v) is 3.97. The molecule has 0 bridgehead atoms. The summed E-state index contributed by atoms with van der Waals surface area (Å²) in [6.45, 7) is 0.0858. The lowest BCUT2D eigenvalue weighted by atomic mass is 10.1. The summed E-state index contributed by atoms with van der Waals surface area (Å²) in [6, 6.07) is 16.2. The molecule has 0 atom stereocenters. The van der Waals surface area contributed by atoms with E-state index in [0.717, 1.165) is 17.9 Å². The van der Waals surface area contributed by atoms with Gasteiger partial charge in [0.15, 0.2) is 0 Å². The van der Waals surface area contributed by atoms with E-state index in [2.05, 4.69) is 4.42 Å². The molecule has 26 heavy (non-hydrogen) atoms. The zero-order valence-corrected chi connectivity index (χ0v) is 14.1. The van der Waals surface area contributed by atoms with Crippen molar-refractivity contribution in [2.45, 2.75) is 12.7 Å². The highest BCUT2D eigenvalue weighted by Gasteiger charge is 2.40. The van der Waals surface area contributed by atoms with Gasteiger partial charge < -0.3 is 9.32 Å². The predicted octanol–water partition coefficient (Wildman–Crippen LogP) is 5.80. The molecule has 0 aliphatic carbocycles. The van der Waals surface area contributed by atoms with Gasteiger partial charge >= 0.3 is 6.18 Å². The Kier molecular flexibility index (Phi) is 5.04. The normalized spacial score (nSPS) is 11.4. The van der Waals surface area contributed by atoms with Gasteiger partial charge in [-0.05, 0) is 35.9 Å². The Labute approximate surface area is 152 Å². The highest BCUT2D eigenvalue weighted by Crippen LogP contribution is 2.34. The van der Waals surface area contributed by atoms with Gasteiger partial charge in [0.25, 0.3) is 5.91 Å². The van der Waals surface area contributed by atoms with Crippen LogP contribution in [-0.4, -0.2) is 5.91 Å². The number of carbonyl (C=O) groups excluding carboxylic acids is 1. The quantitative estimate of drug-likeness (QED) is 0.574. The maximum Gasteiger partial charge on any atom is 0.450 e. The number of carbonyl (C=O) groups is 1. The number of benzene rings is 2. The number of hydrogen-bond donors (Lipinski definition) is 0. The Balaban J connectivity index is 2.00. The second kappa shape index (κ2) is 7.25. The number of halogens is 4. The van der Waals surface area contributed by atoms with Gasteiger partial charge in [-0.2, -0.15) is 13.2 Å². The van der Waals surface area contributed by atoms with Gasteiger partial charge in [-0.15, -0.1) is 0 Å². The SMILES string of the molecule is O=C(c1ccoc1C(F)(F)F)N(Cc1ccc(Cl)cc1)c1ccccc1. The van der Waals surface area contributed by atoms with Crippen LogP contribution in [0.5, 0.6) is 0 Å². The average molecular weight is 380 g/mol. The van der Waals surface area contributed by atoms with Crippen molar-refractivity contribution in [3.05, 3.63) is 88.8 Å². The van der Waals surface area contributed by atoms with Crippen LogP contribution in [-0.2, 0) is 12.7 Å². The zero-order valence-electron chi connectivity index (χ0n) is 13.3. The predicted molar refractivity (Wildman–Crippen MR) is 92.1 cm³/mol. The molecule has 0 saturated heterocycles. The largest absolute Gasteiger partial charge is 0.459 e. The molecule has 0 aliphatic heterocycles. The Bertz CT molecular complexity index is 889. The number of hydrogen-bond acceptors (Lipinski definition) is 2. The van der Waals surface area contributed by atoms with Crippen molar-refractivity contribution < 1.29 is 22.4 Å². The topological polar surface area (TPSA) is 33.5 Å². The van der Waals surface area contributed by atoms with Crippen molar-refractivity contribution in [2.75, 3.05) is 4.90 Å². The molecular formula is C19H13ClF3NO2. The zero-order chi connectivity index (χ0) is 18.7. The summed E-state index contributed by atoms with van der Waals surface area (Å²) < 4.78 is 43.8. The molecule has 134 valence electrons. The molecule has 1 heterocycles. The molecular weight excluding hydrogens is 367 g/mol. The molecule has 0 N–H and O–H groups in total. The van der Waals surface area contributed by atoms with Crippen molar-refractivity contribution in [3.63, 3.8) is 0 Å². The third-order valence-electron chi connectivity index (χ3n) is 3.72. The summed E-state index contributed by atoms with van der Waals surface area (Å²) in [5.74, 6) is -2.10. The summed E-state index contributed by atoms with van der Waals surface area (Å²) in [5, 5.41) is 0.528. The number of para-hydroxylation sites is 1. The average Bonchev–Trinajstić information content (AvgIpc) is 3.12. The van der Waals surface area contributed by atoms with Crippen molar-refractivity contribution in [2.24, 2.45) is 0 Å². The van der Waals surface area contributed by atoms with E-state index in [1.807, 2.05) is 0 Å².